The smallest absolute Gasteiger partial charge is 0.0540 e. The van der Waals surface area contributed by atoms with Gasteiger partial charge in [0, 0.05) is 16.9 Å². The van der Waals surface area contributed by atoms with Gasteiger partial charge in [0.2, 0.25) is 0 Å². The molecule has 0 unspecified atom stereocenters. The Morgan fingerprint density at radius 2 is 0.895 bits per heavy atom. The molecule has 9 aromatic carbocycles. The number of rotatable bonds is 6. The van der Waals surface area contributed by atoms with Crippen LogP contribution in [0.4, 0.5) is 17.1 Å². The van der Waals surface area contributed by atoms with E-state index in [0.29, 0.717) is 0 Å². The molecule has 0 saturated carbocycles. The second-order valence-electron chi connectivity index (χ2n) is 17.4. The van der Waals surface area contributed by atoms with Gasteiger partial charge < -0.3 is 4.90 Å². The Morgan fingerprint density at radius 3 is 1.65 bits per heavy atom. The predicted octanol–water partition coefficient (Wildman–Crippen LogP) is 16.2. The van der Waals surface area contributed by atoms with Crippen LogP contribution in [0.3, 0.4) is 0 Å². The van der Waals surface area contributed by atoms with Crippen LogP contribution >= 0.6 is 0 Å². The van der Waals surface area contributed by atoms with Gasteiger partial charge in [-0.2, -0.15) is 0 Å². The number of nitrogens with zero attached hydrogens (tertiary/aromatic N) is 1. The highest BCUT2D eigenvalue weighted by Gasteiger charge is 2.25. The van der Waals surface area contributed by atoms with Gasteiger partial charge in [-0.05, 0) is 112 Å². The number of para-hydroxylation sites is 1. The third kappa shape index (κ3) is 6.78. The summed E-state index contributed by atoms with van der Waals surface area (Å²) in [6.45, 7) is 13.9. The van der Waals surface area contributed by atoms with Crippen molar-refractivity contribution >= 4 is 49.4 Å². The van der Waals surface area contributed by atoms with E-state index in [0.717, 1.165) is 17.1 Å². The molecule has 57 heavy (non-hydrogen) atoms. The predicted molar refractivity (Wildman–Crippen MR) is 247 cm³/mol. The summed E-state index contributed by atoms with van der Waals surface area (Å²) >= 11 is 0. The molecule has 0 radical (unpaired) electrons. The van der Waals surface area contributed by atoms with Crippen molar-refractivity contribution in [2.45, 2.75) is 52.4 Å². The number of anilines is 3. The Labute approximate surface area is 337 Å². The van der Waals surface area contributed by atoms with Gasteiger partial charge in [0.25, 0.3) is 0 Å². The molecule has 0 aliphatic heterocycles. The van der Waals surface area contributed by atoms with E-state index in [2.05, 4.69) is 234 Å². The van der Waals surface area contributed by atoms with Gasteiger partial charge in [-0.25, -0.2) is 0 Å². The van der Waals surface area contributed by atoms with Crippen LogP contribution in [0.1, 0.15) is 52.7 Å². The Hall–Kier alpha value is -6.44. The lowest BCUT2D eigenvalue weighted by molar-refractivity contribution is 0.569. The SMILES string of the molecule is CC(C)(C)c1cc(N(c2cccc(-c3cccc4c3ccc3ccccc34)c2)c2ccccc2-c2cccc3cccc(-c4ccccc4)c23)cc(C(C)(C)C)c1. The summed E-state index contributed by atoms with van der Waals surface area (Å²) in [4.78, 5) is 2.51. The highest BCUT2D eigenvalue weighted by atomic mass is 15.1. The molecule has 0 spiro atoms. The van der Waals surface area contributed by atoms with Gasteiger partial charge in [0.15, 0.2) is 0 Å². The topological polar surface area (TPSA) is 3.24 Å². The lowest BCUT2D eigenvalue weighted by Gasteiger charge is -2.32. The molecule has 0 saturated heterocycles. The molecule has 0 atom stereocenters. The maximum atomic E-state index is 2.51. The zero-order valence-electron chi connectivity index (χ0n) is 33.8. The number of hydrogen-bond acceptors (Lipinski definition) is 1. The van der Waals surface area contributed by atoms with E-state index in [4.69, 9.17) is 0 Å². The quantitative estimate of drug-likeness (QED) is 0.154. The molecule has 0 aromatic heterocycles. The fourth-order valence-corrected chi connectivity index (χ4v) is 8.46. The summed E-state index contributed by atoms with van der Waals surface area (Å²) in [7, 11) is 0. The van der Waals surface area contributed by atoms with Crippen LogP contribution in [-0.2, 0) is 10.8 Å². The maximum Gasteiger partial charge on any atom is 0.0540 e. The van der Waals surface area contributed by atoms with E-state index in [1.165, 1.54) is 76.8 Å². The van der Waals surface area contributed by atoms with Crippen LogP contribution in [0.25, 0.3) is 65.7 Å². The molecule has 0 heterocycles. The Kier molecular flexibility index (Phi) is 9.05. The van der Waals surface area contributed by atoms with Crippen LogP contribution in [0.15, 0.2) is 188 Å². The largest absolute Gasteiger partial charge is 0.310 e. The van der Waals surface area contributed by atoms with Crippen LogP contribution in [0.5, 0.6) is 0 Å². The fourth-order valence-electron chi connectivity index (χ4n) is 8.46. The second-order valence-corrected chi connectivity index (χ2v) is 17.4. The summed E-state index contributed by atoms with van der Waals surface area (Å²) in [5, 5.41) is 7.56. The van der Waals surface area contributed by atoms with Crippen LogP contribution in [0.2, 0.25) is 0 Å². The van der Waals surface area contributed by atoms with Crippen molar-refractivity contribution in [2.24, 2.45) is 0 Å². The summed E-state index contributed by atoms with van der Waals surface area (Å²) in [5.74, 6) is 0. The molecule has 9 rings (SSSR count). The van der Waals surface area contributed by atoms with Gasteiger partial charge in [0.05, 0.1) is 5.69 Å². The molecule has 1 heteroatoms. The minimum absolute atomic E-state index is 0.0466. The fraction of sp³-hybridized carbons (Fsp3) is 0.143. The maximum absolute atomic E-state index is 2.51. The molecule has 0 N–H and O–H groups in total. The first kappa shape index (κ1) is 36.2. The molecule has 0 amide bonds. The second kappa shape index (κ2) is 14.3. The first-order chi connectivity index (χ1) is 27.5. The van der Waals surface area contributed by atoms with Gasteiger partial charge in [-0.1, -0.05) is 199 Å². The number of hydrogen-bond donors (Lipinski definition) is 0. The zero-order valence-corrected chi connectivity index (χ0v) is 33.8. The van der Waals surface area contributed by atoms with Crippen molar-refractivity contribution < 1.29 is 0 Å². The molecule has 1 nitrogen and oxygen atoms in total. The normalized spacial score (nSPS) is 12.0. The Balaban J connectivity index is 1.32. The Bertz CT molecular complexity index is 2880. The molecule has 0 aliphatic carbocycles. The molecule has 9 aromatic rings. The number of fused-ring (bicyclic) bond motifs is 4. The third-order valence-electron chi connectivity index (χ3n) is 11.5. The van der Waals surface area contributed by atoms with E-state index in [-0.39, 0.29) is 10.8 Å². The highest BCUT2D eigenvalue weighted by Crippen LogP contribution is 2.47. The zero-order chi connectivity index (χ0) is 39.3. The first-order valence-electron chi connectivity index (χ1n) is 20.2. The van der Waals surface area contributed by atoms with Crippen molar-refractivity contribution in [3.05, 3.63) is 199 Å². The minimum atomic E-state index is -0.0466. The lowest BCUT2D eigenvalue weighted by Crippen LogP contribution is -2.19. The first-order valence-corrected chi connectivity index (χ1v) is 20.2. The summed E-state index contributed by atoms with van der Waals surface area (Å²) < 4.78 is 0. The van der Waals surface area contributed by atoms with Crippen molar-refractivity contribution in [3.63, 3.8) is 0 Å². The lowest BCUT2D eigenvalue weighted by atomic mass is 9.80. The Morgan fingerprint density at radius 1 is 0.333 bits per heavy atom. The van der Waals surface area contributed by atoms with Crippen LogP contribution in [-0.4, -0.2) is 0 Å². The summed E-state index contributed by atoms with van der Waals surface area (Å²) in [6, 6.07) is 69.6. The van der Waals surface area contributed by atoms with Gasteiger partial charge in [-0.15, -0.1) is 0 Å². The molecule has 0 aliphatic rings. The summed E-state index contributed by atoms with van der Waals surface area (Å²) in [6.07, 6.45) is 0. The van der Waals surface area contributed by atoms with Crippen molar-refractivity contribution in [3.8, 4) is 33.4 Å². The van der Waals surface area contributed by atoms with E-state index >= 15 is 0 Å². The third-order valence-corrected chi connectivity index (χ3v) is 11.5. The van der Waals surface area contributed by atoms with E-state index in [9.17, 15) is 0 Å². The van der Waals surface area contributed by atoms with Crippen molar-refractivity contribution in [1.82, 2.24) is 0 Å². The number of benzene rings is 9. The molecule has 278 valence electrons. The van der Waals surface area contributed by atoms with Gasteiger partial charge >= 0.3 is 0 Å². The molecular formula is C56H49N. The van der Waals surface area contributed by atoms with Crippen molar-refractivity contribution in [1.29, 1.82) is 0 Å². The van der Waals surface area contributed by atoms with Crippen LogP contribution < -0.4 is 4.90 Å². The highest BCUT2D eigenvalue weighted by molar-refractivity contribution is 6.12. The van der Waals surface area contributed by atoms with Gasteiger partial charge in [-0.3, -0.25) is 0 Å². The molecule has 0 fully saturated rings. The standard InChI is InChI=1S/C56H49N/c1-55(2,3)42-35-43(56(4,5)6)37-45(36-42)57(44-24-14-23-41(34-44)47-27-17-29-49-46-25-11-10-20-39(46)32-33-50(47)49)53-31-13-12-26-51(53)52-30-16-22-40-21-15-28-48(54(40)52)38-18-8-7-9-19-38/h7-37H,1-6H3. The average Bonchev–Trinajstić information content (AvgIpc) is 3.23. The van der Waals surface area contributed by atoms with E-state index in [1.807, 2.05) is 0 Å². The van der Waals surface area contributed by atoms with Gasteiger partial charge in [0.1, 0.15) is 0 Å². The average molecular weight is 736 g/mol. The monoisotopic (exact) mass is 735 g/mol. The van der Waals surface area contributed by atoms with Crippen molar-refractivity contribution in [2.75, 3.05) is 4.90 Å². The van der Waals surface area contributed by atoms with E-state index in [1.54, 1.807) is 0 Å². The molecular weight excluding hydrogens is 687 g/mol. The van der Waals surface area contributed by atoms with E-state index < -0.39 is 0 Å². The molecule has 0 bridgehead atoms. The minimum Gasteiger partial charge on any atom is -0.310 e. The summed E-state index contributed by atoms with van der Waals surface area (Å²) in [5.41, 5.74) is 13.2. The van der Waals surface area contributed by atoms with Crippen LogP contribution in [0, 0.1) is 0 Å².